The Labute approximate surface area is 207 Å². The van der Waals surface area contributed by atoms with Crippen molar-refractivity contribution in [2.24, 2.45) is 0 Å². The average Bonchev–Trinajstić information content (AvgIpc) is 3.09. The summed E-state index contributed by atoms with van der Waals surface area (Å²) in [7, 11) is 1.51. The number of amides is 1. The summed E-state index contributed by atoms with van der Waals surface area (Å²) in [5.74, 6) is -1.26. The summed E-state index contributed by atoms with van der Waals surface area (Å²) in [6.45, 7) is 6.19. The van der Waals surface area contributed by atoms with Crippen molar-refractivity contribution in [1.29, 1.82) is 0 Å². The number of hydrogen-bond acceptors (Lipinski definition) is 4. The van der Waals surface area contributed by atoms with E-state index >= 15 is 0 Å². The molecule has 1 aliphatic heterocycles. The van der Waals surface area contributed by atoms with E-state index in [0.717, 1.165) is 15.6 Å². The van der Waals surface area contributed by atoms with Crippen LogP contribution in [0.1, 0.15) is 43.5 Å². The fourth-order valence-corrected chi connectivity index (χ4v) is 4.42. The number of benzene rings is 3. The summed E-state index contributed by atoms with van der Waals surface area (Å²) < 4.78 is 6.37. The first kappa shape index (κ1) is 23.8. The van der Waals surface area contributed by atoms with Gasteiger partial charge in [0.1, 0.15) is 11.5 Å². The zero-order valence-corrected chi connectivity index (χ0v) is 21.1. The van der Waals surface area contributed by atoms with Crippen molar-refractivity contribution < 1.29 is 19.4 Å². The SMILES string of the molecule is COc1ccc(C(C)(C)C)cc1/C(O)=C1\C(=O)C(=O)N(c2ccc(Br)cc2)C1c1ccccc1. The Kier molecular flexibility index (Phi) is 6.36. The first-order valence-corrected chi connectivity index (χ1v) is 11.7. The topological polar surface area (TPSA) is 66.8 Å². The van der Waals surface area contributed by atoms with Gasteiger partial charge in [0.05, 0.1) is 24.3 Å². The number of rotatable bonds is 4. The third-order valence-corrected chi connectivity index (χ3v) is 6.51. The van der Waals surface area contributed by atoms with E-state index in [1.54, 1.807) is 18.2 Å². The summed E-state index contributed by atoms with van der Waals surface area (Å²) >= 11 is 3.41. The zero-order valence-electron chi connectivity index (χ0n) is 19.5. The molecule has 1 saturated heterocycles. The number of Topliss-reactive ketones (excluding diaryl/α,β-unsaturated/α-hetero) is 1. The third-order valence-electron chi connectivity index (χ3n) is 5.99. The summed E-state index contributed by atoms with van der Waals surface area (Å²) in [6.07, 6.45) is 0. The number of anilines is 1. The van der Waals surface area contributed by atoms with Gasteiger partial charge in [0.2, 0.25) is 0 Å². The molecule has 1 atom stereocenters. The lowest BCUT2D eigenvalue weighted by Gasteiger charge is -2.26. The van der Waals surface area contributed by atoms with Gasteiger partial charge in [-0.05, 0) is 52.9 Å². The Balaban J connectivity index is 1.98. The van der Waals surface area contributed by atoms with Gasteiger partial charge in [-0.25, -0.2) is 0 Å². The first-order chi connectivity index (χ1) is 16.1. The van der Waals surface area contributed by atoms with Gasteiger partial charge < -0.3 is 9.84 Å². The van der Waals surface area contributed by atoms with Crippen molar-refractivity contribution in [2.75, 3.05) is 12.0 Å². The van der Waals surface area contributed by atoms with Gasteiger partial charge in [0.25, 0.3) is 11.7 Å². The fourth-order valence-electron chi connectivity index (χ4n) is 4.16. The average molecular weight is 520 g/mol. The number of methoxy groups -OCH3 is 1. The van der Waals surface area contributed by atoms with Crippen LogP contribution in [0.3, 0.4) is 0 Å². The number of ketones is 1. The van der Waals surface area contributed by atoms with Crippen molar-refractivity contribution >= 4 is 39.1 Å². The fraction of sp³-hybridized carbons (Fsp3) is 0.214. The molecule has 1 unspecified atom stereocenters. The molecule has 3 aromatic rings. The van der Waals surface area contributed by atoms with Crippen LogP contribution < -0.4 is 9.64 Å². The number of aliphatic hydroxyl groups is 1. The largest absolute Gasteiger partial charge is 0.507 e. The van der Waals surface area contributed by atoms with Gasteiger partial charge in [-0.3, -0.25) is 14.5 Å². The Bertz CT molecular complexity index is 1270. The quantitative estimate of drug-likeness (QED) is 0.246. The summed E-state index contributed by atoms with van der Waals surface area (Å²) in [4.78, 5) is 28.1. The maximum atomic E-state index is 13.4. The van der Waals surface area contributed by atoms with Crippen molar-refractivity contribution in [3.05, 3.63) is 99.5 Å². The molecule has 1 aliphatic rings. The van der Waals surface area contributed by atoms with Crippen molar-refractivity contribution in [2.45, 2.75) is 32.2 Å². The highest BCUT2D eigenvalue weighted by molar-refractivity contribution is 9.10. The molecule has 174 valence electrons. The lowest BCUT2D eigenvalue weighted by molar-refractivity contribution is -0.132. The molecular weight excluding hydrogens is 494 g/mol. The highest BCUT2D eigenvalue weighted by Gasteiger charge is 2.47. The number of carbonyl (C=O) groups is 2. The second kappa shape index (κ2) is 9.11. The zero-order chi connectivity index (χ0) is 24.6. The van der Waals surface area contributed by atoms with Crippen LogP contribution in [-0.2, 0) is 15.0 Å². The lowest BCUT2D eigenvalue weighted by atomic mass is 9.85. The predicted molar refractivity (Wildman–Crippen MR) is 137 cm³/mol. The van der Waals surface area contributed by atoms with E-state index in [-0.39, 0.29) is 16.7 Å². The molecule has 1 N–H and O–H groups in total. The molecule has 34 heavy (non-hydrogen) atoms. The Morgan fingerprint density at radius 1 is 0.971 bits per heavy atom. The predicted octanol–water partition coefficient (Wildman–Crippen LogP) is 6.38. The molecule has 1 heterocycles. The van der Waals surface area contributed by atoms with E-state index in [0.29, 0.717) is 17.0 Å². The normalized spacial score (nSPS) is 17.8. The second-order valence-electron chi connectivity index (χ2n) is 9.22. The molecule has 0 radical (unpaired) electrons. The maximum absolute atomic E-state index is 13.4. The minimum atomic E-state index is -0.787. The molecule has 5 nitrogen and oxygen atoms in total. The molecule has 0 spiro atoms. The Hall–Kier alpha value is -3.38. The highest BCUT2D eigenvalue weighted by atomic mass is 79.9. The van der Waals surface area contributed by atoms with Crippen LogP contribution in [0, 0.1) is 0 Å². The van der Waals surface area contributed by atoms with Gasteiger partial charge in [-0.1, -0.05) is 73.1 Å². The summed E-state index contributed by atoms with van der Waals surface area (Å²) in [6, 6.07) is 21.2. The molecule has 1 amide bonds. The van der Waals surface area contributed by atoms with Crippen molar-refractivity contribution in [3.63, 3.8) is 0 Å². The van der Waals surface area contributed by atoms with E-state index in [1.807, 2.05) is 54.6 Å². The number of halogens is 1. The minimum absolute atomic E-state index is 0.0310. The van der Waals surface area contributed by atoms with E-state index in [4.69, 9.17) is 4.74 Å². The molecule has 1 fully saturated rings. The van der Waals surface area contributed by atoms with Gasteiger partial charge in [-0.15, -0.1) is 0 Å². The van der Waals surface area contributed by atoms with Crippen molar-refractivity contribution in [3.8, 4) is 5.75 Å². The molecule has 3 aromatic carbocycles. The summed E-state index contributed by atoms with van der Waals surface area (Å²) in [5.41, 5.74) is 2.47. The van der Waals surface area contributed by atoms with Crippen LogP contribution in [0.4, 0.5) is 5.69 Å². The number of ether oxygens (including phenoxy) is 1. The molecule has 0 aliphatic carbocycles. The van der Waals surface area contributed by atoms with E-state index in [9.17, 15) is 14.7 Å². The molecular formula is C28H26BrNO4. The maximum Gasteiger partial charge on any atom is 0.300 e. The lowest BCUT2D eigenvalue weighted by Crippen LogP contribution is -2.29. The Morgan fingerprint density at radius 2 is 1.62 bits per heavy atom. The number of nitrogens with zero attached hydrogens (tertiary/aromatic N) is 1. The standard InChI is InChI=1S/C28H26BrNO4/c1-28(2,3)18-10-15-22(34-4)21(16-18)25(31)23-24(17-8-6-5-7-9-17)30(27(33)26(23)32)20-13-11-19(29)12-14-20/h5-16,24,31H,1-4H3/b25-23+. The first-order valence-electron chi connectivity index (χ1n) is 10.9. The van der Waals surface area contributed by atoms with E-state index in [2.05, 4.69) is 36.7 Å². The highest BCUT2D eigenvalue weighted by Crippen LogP contribution is 2.44. The second-order valence-corrected chi connectivity index (χ2v) is 10.1. The van der Waals surface area contributed by atoms with Crippen molar-refractivity contribution in [1.82, 2.24) is 0 Å². The van der Waals surface area contributed by atoms with Crippen LogP contribution in [0.2, 0.25) is 0 Å². The van der Waals surface area contributed by atoms with Crippen LogP contribution in [0.15, 0.2) is 82.8 Å². The van der Waals surface area contributed by atoms with Gasteiger partial charge in [0.15, 0.2) is 0 Å². The van der Waals surface area contributed by atoms with Gasteiger partial charge in [0, 0.05) is 10.2 Å². The monoisotopic (exact) mass is 519 g/mol. The van der Waals surface area contributed by atoms with E-state index < -0.39 is 17.7 Å². The molecule has 0 bridgehead atoms. The molecule has 4 rings (SSSR count). The number of carbonyl (C=O) groups excluding carboxylic acids is 2. The summed E-state index contributed by atoms with van der Waals surface area (Å²) in [5, 5.41) is 11.5. The smallest absolute Gasteiger partial charge is 0.300 e. The number of hydrogen-bond donors (Lipinski definition) is 1. The van der Waals surface area contributed by atoms with Crippen LogP contribution >= 0.6 is 15.9 Å². The van der Waals surface area contributed by atoms with Crippen LogP contribution in [-0.4, -0.2) is 23.9 Å². The van der Waals surface area contributed by atoms with Gasteiger partial charge >= 0.3 is 0 Å². The number of aliphatic hydroxyl groups excluding tert-OH is 1. The van der Waals surface area contributed by atoms with Crippen LogP contribution in [0.5, 0.6) is 5.75 Å². The van der Waals surface area contributed by atoms with E-state index in [1.165, 1.54) is 12.0 Å². The third kappa shape index (κ3) is 4.26. The van der Waals surface area contributed by atoms with Gasteiger partial charge in [-0.2, -0.15) is 0 Å². The Morgan fingerprint density at radius 3 is 2.21 bits per heavy atom. The molecule has 0 aromatic heterocycles. The molecule has 6 heteroatoms. The minimum Gasteiger partial charge on any atom is -0.507 e. The molecule has 0 saturated carbocycles. The van der Waals surface area contributed by atoms with Crippen LogP contribution in [0.25, 0.3) is 5.76 Å².